The smallest absolute Gasteiger partial charge is 0.289 e. The Labute approximate surface area is 140 Å². The van der Waals surface area contributed by atoms with Crippen molar-refractivity contribution in [1.29, 1.82) is 0 Å². The lowest BCUT2D eigenvalue weighted by molar-refractivity contribution is -0.130. The molecule has 3 rings (SSSR count). The first-order valence-corrected chi connectivity index (χ1v) is 8.32. The Hall–Kier alpha value is -2.63. The van der Waals surface area contributed by atoms with Crippen molar-refractivity contribution in [2.75, 3.05) is 19.6 Å². The standard InChI is InChI=1S/C18H21N3O3/c22-17-9-5-2-6-11-21(17)12-10-19-18(23)16-13-15(20-24-16)14-7-3-1-4-8-14/h1,3-4,7-8,13H,2,5-6,9-12H2,(H,19,23). The second-order valence-electron chi connectivity index (χ2n) is 5.89. The van der Waals surface area contributed by atoms with Crippen LogP contribution in [0.1, 0.15) is 36.2 Å². The fourth-order valence-electron chi connectivity index (χ4n) is 2.79. The van der Waals surface area contributed by atoms with E-state index in [9.17, 15) is 9.59 Å². The Morgan fingerprint density at radius 3 is 2.88 bits per heavy atom. The Kier molecular flexibility index (Phi) is 5.25. The maximum Gasteiger partial charge on any atom is 0.289 e. The normalized spacial score (nSPS) is 15.2. The molecule has 0 spiro atoms. The third kappa shape index (κ3) is 4.01. The molecular formula is C18H21N3O3. The number of benzene rings is 1. The molecule has 1 fully saturated rings. The molecule has 1 saturated heterocycles. The number of carbonyl (C=O) groups is 2. The van der Waals surface area contributed by atoms with Gasteiger partial charge < -0.3 is 14.7 Å². The zero-order chi connectivity index (χ0) is 16.8. The minimum atomic E-state index is -0.313. The highest BCUT2D eigenvalue weighted by atomic mass is 16.5. The van der Waals surface area contributed by atoms with Gasteiger partial charge >= 0.3 is 0 Å². The van der Waals surface area contributed by atoms with Gasteiger partial charge in [0.1, 0.15) is 5.69 Å². The van der Waals surface area contributed by atoms with E-state index in [0.29, 0.717) is 25.2 Å². The van der Waals surface area contributed by atoms with Crippen LogP contribution in [0.4, 0.5) is 0 Å². The van der Waals surface area contributed by atoms with Gasteiger partial charge in [-0.1, -0.05) is 41.9 Å². The van der Waals surface area contributed by atoms with Crippen molar-refractivity contribution in [3.63, 3.8) is 0 Å². The molecule has 1 N–H and O–H groups in total. The van der Waals surface area contributed by atoms with Crippen molar-refractivity contribution < 1.29 is 14.1 Å². The predicted molar refractivity (Wildman–Crippen MR) is 89.3 cm³/mol. The molecule has 1 aliphatic rings. The van der Waals surface area contributed by atoms with Crippen LogP contribution in [0.5, 0.6) is 0 Å². The molecule has 0 unspecified atom stereocenters. The molecule has 1 aromatic carbocycles. The summed E-state index contributed by atoms with van der Waals surface area (Å²) in [4.78, 5) is 25.9. The molecule has 24 heavy (non-hydrogen) atoms. The Balaban J connectivity index is 1.52. The minimum Gasteiger partial charge on any atom is -0.350 e. The highest BCUT2D eigenvalue weighted by Crippen LogP contribution is 2.18. The van der Waals surface area contributed by atoms with E-state index >= 15 is 0 Å². The van der Waals surface area contributed by atoms with Crippen molar-refractivity contribution in [3.05, 3.63) is 42.2 Å². The second kappa shape index (κ2) is 7.77. The third-order valence-electron chi connectivity index (χ3n) is 4.14. The Morgan fingerprint density at radius 2 is 2.04 bits per heavy atom. The van der Waals surface area contributed by atoms with Crippen LogP contribution in [0.15, 0.2) is 40.9 Å². The summed E-state index contributed by atoms with van der Waals surface area (Å²) in [7, 11) is 0. The van der Waals surface area contributed by atoms with Crippen LogP contribution in [0.2, 0.25) is 0 Å². The Bertz CT molecular complexity index is 697. The molecule has 1 aromatic heterocycles. The molecule has 2 heterocycles. The second-order valence-corrected chi connectivity index (χ2v) is 5.89. The van der Waals surface area contributed by atoms with Gasteiger partial charge in [0.25, 0.3) is 5.91 Å². The van der Waals surface area contributed by atoms with Crippen LogP contribution < -0.4 is 5.32 Å². The summed E-state index contributed by atoms with van der Waals surface area (Å²) >= 11 is 0. The van der Waals surface area contributed by atoms with Crippen LogP contribution in [0.25, 0.3) is 11.3 Å². The molecule has 0 radical (unpaired) electrons. The van der Waals surface area contributed by atoms with Gasteiger partial charge in [0, 0.05) is 37.7 Å². The van der Waals surface area contributed by atoms with Gasteiger partial charge in [0.2, 0.25) is 11.7 Å². The van der Waals surface area contributed by atoms with E-state index in [1.54, 1.807) is 6.07 Å². The van der Waals surface area contributed by atoms with E-state index in [2.05, 4.69) is 10.5 Å². The van der Waals surface area contributed by atoms with Gasteiger partial charge in [-0.15, -0.1) is 0 Å². The van der Waals surface area contributed by atoms with Crippen LogP contribution in [-0.4, -0.2) is 41.5 Å². The lowest BCUT2D eigenvalue weighted by atomic mass is 10.1. The van der Waals surface area contributed by atoms with Crippen LogP contribution >= 0.6 is 0 Å². The lowest BCUT2D eigenvalue weighted by Gasteiger charge is -2.20. The number of hydrogen-bond acceptors (Lipinski definition) is 4. The number of carbonyl (C=O) groups excluding carboxylic acids is 2. The maximum atomic E-state index is 12.1. The molecule has 0 aliphatic carbocycles. The van der Waals surface area contributed by atoms with Crippen molar-refractivity contribution in [1.82, 2.24) is 15.4 Å². The quantitative estimate of drug-likeness (QED) is 0.915. The van der Waals surface area contributed by atoms with Crippen molar-refractivity contribution >= 4 is 11.8 Å². The number of amides is 2. The molecule has 6 nitrogen and oxygen atoms in total. The molecule has 0 saturated carbocycles. The van der Waals surface area contributed by atoms with E-state index in [1.165, 1.54) is 0 Å². The molecule has 1 aliphatic heterocycles. The van der Waals surface area contributed by atoms with Crippen LogP contribution in [-0.2, 0) is 4.79 Å². The molecule has 0 bridgehead atoms. The Morgan fingerprint density at radius 1 is 1.21 bits per heavy atom. The first kappa shape index (κ1) is 16.2. The summed E-state index contributed by atoms with van der Waals surface area (Å²) in [5.41, 5.74) is 1.53. The van der Waals surface area contributed by atoms with Gasteiger partial charge in [0.05, 0.1) is 0 Å². The zero-order valence-corrected chi connectivity index (χ0v) is 13.5. The molecular weight excluding hydrogens is 306 g/mol. The fraction of sp³-hybridized carbons (Fsp3) is 0.389. The van der Waals surface area contributed by atoms with Gasteiger partial charge in [-0.25, -0.2) is 0 Å². The number of hydrogen-bond donors (Lipinski definition) is 1. The monoisotopic (exact) mass is 327 g/mol. The average molecular weight is 327 g/mol. The largest absolute Gasteiger partial charge is 0.350 e. The van der Waals surface area contributed by atoms with Crippen molar-refractivity contribution in [3.8, 4) is 11.3 Å². The summed E-state index contributed by atoms with van der Waals surface area (Å²) in [5, 5.41) is 6.71. The highest BCUT2D eigenvalue weighted by molar-refractivity contribution is 5.92. The van der Waals surface area contributed by atoms with Gasteiger partial charge in [-0.05, 0) is 12.8 Å². The summed E-state index contributed by atoms with van der Waals surface area (Å²) in [6, 6.07) is 11.2. The van der Waals surface area contributed by atoms with Gasteiger partial charge in [-0.3, -0.25) is 9.59 Å². The highest BCUT2D eigenvalue weighted by Gasteiger charge is 2.17. The summed E-state index contributed by atoms with van der Waals surface area (Å²) in [6.07, 6.45) is 3.69. The molecule has 2 aromatic rings. The van der Waals surface area contributed by atoms with Gasteiger partial charge in [-0.2, -0.15) is 0 Å². The van der Waals surface area contributed by atoms with E-state index in [4.69, 9.17) is 4.52 Å². The maximum absolute atomic E-state index is 12.1. The van der Waals surface area contributed by atoms with Crippen molar-refractivity contribution in [2.45, 2.75) is 25.7 Å². The fourth-order valence-corrected chi connectivity index (χ4v) is 2.79. The zero-order valence-electron chi connectivity index (χ0n) is 13.5. The first-order valence-electron chi connectivity index (χ1n) is 8.32. The predicted octanol–water partition coefficient (Wildman–Crippen LogP) is 2.47. The number of nitrogens with zero attached hydrogens (tertiary/aromatic N) is 2. The molecule has 0 atom stereocenters. The minimum absolute atomic E-state index is 0.174. The van der Waals surface area contributed by atoms with E-state index in [-0.39, 0.29) is 17.6 Å². The third-order valence-corrected chi connectivity index (χ3v) is 4.14. The van der Waals surface area contributed by atoms with Crippen LogP contribution in [0, 0.1) is 0 Å². The number of likely N-dealkylation sites (tertiary alicyclic amines) is 1. The number of rotatable bonds is 5. The number of aromatic nitrogens is 1. The SMILES string of the molecule is O=C(NCCN1CCCCCC1=O)c1cc(-c2ccccc2)no1. The summed E-state index contributed by atoms with van der Waals surface area (Å²) < 4.78 is 5.12. The lowest BCUT2D eigenvalue weighted by Crippen LogP contribution is -2.38. The molecule has 126 valence electrons. The van der Waals surface area contributed by atoms with Crippen molar-refractivity contribution in [2.24, 2.45) is 0 Å². The average Bonchev–Trinajstić information content (AvgIpc) is 3.02. The molecule has 6 heteroatoms. The summed E-state index contributed by atoms with van der Waals surface area (Å²) in [6.45, 7) is 1.71. The van der Waals surface area contributed by atoms with Gasteiger partial charge in [0.15, 0.2) is 0 Å². The topological polar surface area (TPSA) is 75.4 Å². The summed E-state index contributed by atoms with van der Waals surface area (Å²) in [5.74, 6) is 0.0378. The molecule has 2 amide bonds. The number of nitrogens with one attached hydrogen (secondary N) is 1. The van der Waals surface area contributed by atoms with E-state index in [0.717, 1.165) is 31.4 Å². The van der Waals surface area contributed by atoms with E-state index < -0.39 is 0 Å². The van der Waals surface area contributed by atoms with Crippen LogP contribution in [0.3, 0.4) is 0 Å². The van der Waals surface area contributed by atoms with E-state index in [1.807, 2.05) is 35.2 Å². The first-order chi connectivity index (χ1) is 11.7.